The Morgan fingerprint density at radius 3 is 1.75 bits per heavy atom. The van der Waals surface area contributed by atoms with Crippen molar-refractivity contribution in [3.8, 4) is 0 Å². The fraction of sp³-hybridized carbons (Fsp3) is 0.333. The molecule has 0 amide bonds. The number of halogens is 8. The minimum Gasteiger partial charge on any atom is -0.258 e. The fourth-order valence-electron chi connectivity index (χ4n) is 1.36. The lowest BCUT2D eigenvalue weighted by Crippen LogP contribution is -2.50. The SMILES string of the molecule is O=[N+]([O-])c1ccc(C(F)(C(F)(F)F)C(F)(F)F)c(Cl)c1. The Kier molecular flexibility index (Phi) is 3.92. The Bertz CT molecular complexity index is 526. The molecule has 0 N–H and O–H groups in total. The Balaban J connectivity index is 3.57. The van der Waals surface area contributed by atoms with Crippen molar-refractivity contribution in [3.05, 3.63) is 38.9 Å². The molecule has 1 rings (SSSR count). The van der Waals surface area contributed by atoms with Gasteiger partial charge in [0.25, 0.3) is 5.69 Å². The lowest BCUT2D eigenvalue weighted by molar-refractivity contribution is -0.385. The number of benzene rings is 1. The first-order valence-electron chi connectivity index (χ1n) is 4.59. The van der Waals surface area contributed by atoms with Crippen LogP contribution < -0.4 is 0 Å². The highest BCUT2D eigenvalue weighted by Gasteiger charge is 2.74. The normalized spacial score (nSPS) is 13.4. The van der Waals surface area contributed by atoms with Gasteiger partial charge in [-0.3, -0.25) is 10.1 Å². The number of non-ortho nitro benzene ring substituents is 1. The van der Waals surface area contributed by atoms with Crippen LogP contribution in [0.4, 0.5) is 36.4 Å². The summed E-state index contributed by atoms with van der Waals surface area (Å²) in [5.41, 5.74) is -8.54. The van der Waals surface area contributed by atoms with Gasteiger partial charge in [0, 0.05) is 17.7 Å². The number of rotatable bonds is 2. The smallest absolute Gasteiger partial charge is 0.258 e. The number of nitro benzene ring substituents is 1. The van der Waals surface area contributed by atoms with E-state index in [4.69, 9.17) is 11.6 Å². The van der Waals surface area contributed by atoms with Crippen LogP contribution in [0.1, 0.15) is 5.56 Å². The van der Waals surface area contributed by atoms with Gasteiger partial charge in [0.05, 0.1) is 9.95 Å². The molecule has 0 aliphatic heterocycles. The van der Waals surface area contributed by atoms with Gasteiger partial charge in [0.1, 0.15) is 0 Å². The van der Waals surface area contributed by atoms with E-state index in [1.54, 1.807) is 0 Å². The summed E-state index contributed by atoms with van der Waals surface area (Å²) in [6.45, 7) is 0. The highest BCUT2D eigenvalue weighted by molar-refractivity contribution is 6.31. The number of alkyl halides is 7. The van der Waals surface area contributed by atoms with E-state index in [1.807, 2.05) is 0 Å². The number of nitrogens with zero attached hydrogens (tertiary/aromatic N) is 1. The lowest BCUT2D eigenvalue weighted by atomic mass is 9.94. The van der Waals surface area contributed by atoms with Crippen molar-refractivity contribution in [1.82, 2.24) is 0 Å². The van der Waals surface area contributed by atoms with Gasteiger partial charge in [-0.15, -0.1) is 0 Å². The summed E-state index contributed by atoms with van der Waals surface area (Å²) in [7, 11) is 0. The third-order valence-electron chi connectivity index (χ3n) is 2.32. The Morgan fingerprint density at radius 1 is 1.00 bits per heavy atom. The first-order valence-corrected chi connectivity index (χ1v) is 4.97. The molecule has 3 nitrogen and oxygen atoms in total. The van der Waals surface area contributed by atoms with E-state index >= 15 is 0 Å². The van der Waals surface area contributed by atoms with E-state index in [1.165, 1.54) is 0 Å². The Morgan fingerprint density at radius 2 is 1.45 bits per heavy atom. The van der Waals surface area contributed by atoms with Gasteiger partial charge in [-0.2, -0.15) is 26.3 Å². The highest BCUT2D eigenvalue weighted by Crippen LogP contribution is 2.54. The van der Waals surface area contributed by atoms with Crippen molar-refractivity contribution in [1.29, 1.82) is 0 Å². The van der Waals surface area contributed by atoms with Crippen molar-refractivity contribution < 1.29 is 35.7 Å². The van der Waals surface area contributed by atoms with Gasteiger partial charge in [-0.1, -0.05) is 11.6 Å². The van der Waals surface area contributed by atoms with E-state index in [0.717, 1.165) is 0 Å². The molecule has 0 aliphatic carbocycles. The van der Waals surface area contributed by atoms with Gasteiger partial charge < -0.3 is 0 Å². The minimum atomic E-state index is -6.33. The number of hydrogen-bond acceptors (Lipinski definition) is 2. The second kappa shape index (κ2) is 4.76. The Hall–Kier alpha value is -1.58. The molecule has 0 fully saturated rings. The third kappa shape index (κ3) is 2.51. The molecule has 1 aromatic rings. The largest absolute Gasteiger partial charge is 0.436 e. The maximum Gasteiger partial charge on any atom is 0.436 e. The van der Waals surface area contributed by atoms with Crippen molar-refractivity contribution >= 4 is 17.3 Å². The molecule has 0 bridgehead atoms. The summed E-state index contributed by atoms with van der Waals surface area (Å²) in [5.74, 6) is 0. The first-order chi connectivity index (χ1) is 8.82. The summed E-state index contributed by atoms with van der Waals surface area (Å²) >= 11 is 5.13. The maximum absolute atomic E-state index is 13.6. The molecule has 0 saturated carbocycles. The lowest BCUT2D eigenvalue weighted by Gasteiger charge is -2.30. The van der Waals surface area contributed by atoms with Crippen molar-refractivity contribution in [3.63, 3.8) is 0 Å². The average molecular weight is 326 g/mol. The molecule has 0 unspecified atom stereocenters. The molecule has 11 heteroatoms. The average Bonchev–Trinajstić information content (AvgIpc) is 2.24. The van der Waals surface area contributed by atoms with Crippen molar-refractivity contribution in [2.24, 2.45) is 0 Å². The molecule has 0 radical (unpaired) electrons. The number of hydrogen-bond donors (Lipinski definition) is 0. The van der Waals surface area contributed by atoms with Crippen LogP contribution >= 0.6 is 11.6 Å². The molecular formula is C9H3ClF7NO2. The van der Waals surface area contributed by atoms with Gasteiger partial charge in [0.2, 0.25) is 0 Å². The zero-order valence-corrected chi connectivity index (χ0v) is 9.78. The highest BCUT2D eigenvalue weighted by atomic mass is 35.5. The summed E-state index contributed by atoms with van der Waals surface area (Å²) in [5, 5.41) is 8.97. The summed E-state index contributed by atoms with van der Waals surface area (Å²) in [6, 6.07) is 0.497. The van der Waals surface area contributed by atoms with Crippen molar-refractivity contribution in [2.75, 3.05) is 0 Å². The molecule has 112 valence electrons. The fourth-order valence-corrected chi connectivity index (χ4v) is 1.67. The quantitative estimate of drug-likeness (QED) is 0.455. The Labute approximate surface area is 111 Å². The predicted octanol–water partition coefficient (Wildman–Crippen LogP) is 4.54. The monoisotopic (exact) mass is 325 g/mol. The third-order valence-corrected chi connectivity index (χ3v) is 2.63. The predicted molar refractivity (Wildman–Crippen MR) is 53.0 cm³/mol. The van der Waals surface area contributed by atoms with Gasteiger partial charge in [-0.05, 0) is 6.07 Å². The molecule has 0 atom stereocenters. The molecule has 0 spiro atoms. The minimum absolute atomic E-state index is 0.0125. The second-order valence-electron chi connectivity index (χ2n) is 3.58. The van der Waals surface area contributed by atoms with Gasteiger partial charge in [0.15, 0.2) is 0 Å². The molecule has 0 aromatic heterocycles. The summed E-state index contributed by atoms with van der Waals surface area (Å²) < 4.78 is 88.3. The second-order valence-corrected chi connectivity index (χ2v) is 3.98. The van der Waals surface area contributed by atoms with Crippen LogP contribution in [0.2, 0.25) is 5.02 Å². The molecule has 20 heavy (non-hydrogen) atoms. The van der Waals surface area contributed by atoms with E-state index in [2.05, 4.69) is 0 Å². The molecule has 0 saturated heterocycles. The van der Waals surface area contributed by atoms with Crippen molar-refractivity contribution in [2.45, 2.75) is 18.0 Å². The van der Waals surface area contributed by atoms with E-state index in [0.29, 0.717) is 6.07 Å². The number of nitro groups is 1. The maximum atomic E-state index is 13.6. The van der Waals surface area contributed by atoms with Crippen LogP contribution in [0.3, 0.4) is 0 Å². The molecule has 0 heterocycles. The molecular weight excluding hydrogens is 323 g/mol. The topological polar surface area (TPSA) is 43.1 Å². The summed E-state index contributed by atoms with van der Waals surface area (Å²) in [6.07, 6.45) is -12.7. The standard InChI is InChI=1S/C9H3ClF7NO2/c10-6-3-4(18(19)20)1-2-5(6)7(11,8(12,13)14)9(15,16)17/h1-3H. The van der Waals surface area contributed by atoms with Gasteiger partial charge >= 0.3 is 18.0 Å². The zero-order chi connectivity index (χ0) is 15.9. The van der Waals surface area contributed by atoms with Crippen LogP contribution in [0, 0.1) is 10.1 Å². The van der Waals surface area contributed by atoms with E-state index in [-0.39, 0.29) is 12.1 Å². The van der Waals surface area contributed by atoms with Crippen LogP contribution in [-0.4, -0.2) is 17.3 Å². The van der Waals surface area contributed by atoms with Crippen LogP contribution in [0.25, 0.3) is 0 Å². The van der Waals surface area contributed by atoms with Crippen LogP contribution in [0.15, 0.2) is 18.2 Å². The van der Waals surface area contributed by atoms with E-state index < -0.39 is 39.2 Å². The molecule has 1 aromatic carbocycles. The van der Waals surface area contributed by atoms with Gasteiger partial charge in [-0.25, -0.2) is 4.39 Å². The molecule has 0 aliphatic rings. The summed E-state index contributed by atoms with van der Waals surface area (Å²) in [4.78, 5) is 9.22. The zero-order valence-electron chi connectivity index (χ0n) is 9.02. The van der Waals surface area contributed by atoms with Crippen LogP contribution in [0.5, 0.6) is 0 Å². The van der Waals surface area contributed by atoms with E-state index in [9.17, 15) is 40.8 Å². The van der Waals surface area contributed by atoms with Crippen LogP contribution in [-0.2, 0) is 5.67 Å². The first kappa shape index (κ1) is 16.5.